The van der Waals surface area contributed by atoms with Crippen LogP contribution < -0.4 is 5.73 Å². The van der Waals surface area contributed by atoms with Crippen LogP contribution in [0, 0.1) is 5.41 Å². The Bertz CT molecular complexity index is 182. The van der Waals surface area contributed by atoms with Crippen LogP contribution in [0.1, 0.15) is 45.4 Å². The van der Waals surface area contributed by atoms with Crippen LogP contribution in [0.2, 0.25) is 0 Å². The highest BCUT2D eigenvalue weighted by Gasteiger charge is 2.51. The zero-order valence-corrected chi connectivity index (χ0v) is 7.84. The van der Waals surface area contributed by atoms with E-state index in [-0.39, 0.29) is 17.1 Å². The highest BCUT2D eigenvalue weighted by Crippen LogP contribution is 2.52. The molecule has 3 rings (SSSR count). The van der Waals surface area contributed by atoms with E-state index in [0.717, 1.165) is 38.5 Å². The molecule has 0 amide bonds. The van der Waals surface area contributed by atoms with Crippen molar-refractivity contribution >= 4 is 0 Å². The lowest BCUT2D eigenvalue weighted by atomic mass is 9.55. The Hall–Kier alpha value is -0.0800. The third-order valence-corrected chi connectivity index (χ3v) is 4.25. The van der Waals surface area contributed by atoms with E-state index in [1.807, 2.05) is 0 Å². The predicted octanol–water partition coefficient (Wildman–Crippen LogP) is 1.42. The Morgan fingerprint density at radius 2 is 1.92 bits per heavy atom. The SMILES string of the molecule is CCC12CCC(N)(CC1)CC2O. The molecule has 2 bridgehead atoms. The van der Waals surface area contributed by atoms with E-state index in [1.54, 1.807) is 0 Å². The van der Waals surface area contributed by atoms with Crippen molar-refractivity contribution in [1.82, 2.24) is 0 Å². The van der Waals surface area contributed by atoms with Gasteiger partial charge in [0.1, 0.15) is 0 Å². The van der Waals surface area contributed by atoms with E-state index >= 15 is 0 Å². The van der Waals surface area contributed by atoms with Crippen molar-refractivity contribution < 1.29 is 5.11 Å². The molecule has 0 aromatic rings. The molecule has 0 spiro atoms. The molecule has 0 aromatic carbocycles. The summed E-state index contributed by atoms with van der Waals surface area (Å²) >= 11 is 0. The van der Waals surface area contributed by atoms with Gasteiger partial charge >= 0.3 is 0 Å². The lowest BCUT2D eigenvalue weighted by Gasteiger charge is -2.54. The van der Waals surface area contributed by atoms with Gasteiger partial charge in [0.2, 0.25) is 0 Å². The van der Waals surface area contributed by atoms with E-state index in [0.29, 0.717) is 0 Å². The Balaban J connectivity index is 2.20. The highest BCUT2D eigenvalue weighted by atomic mass is 16.3. The fraction of sp³-hybridized carbons (Fsp3) is 1.00. The van der Waals surface area contributed by atoms with Crippen LogP contribution in [-0.2, 0) is 0 Å². The summed E-state index contributed by atoms with van der Waals surface area (Å²) in [5.41, 5.74) is 6.36. The van der Waals surface area contributed by atoms with Gasteiger partial charge in [-0.2, -0.15) is 0 Å². The van der Waals surface area contributed by atoms with E-state index in [4.69, 9.17) is 5.73 Å². The van der Waals surface area contributed by atoms with Crippen LogP contribution in [0.15, 0.2) is 0 Å². The molecule has 0 aromatic heterocycles. The highest BCUT2D eigenvalue weighted by molar-refractivity contribution is 5.06. The lowest BCUT2D eigenvalue weighted by molar-refractivity contribution is -0.0867. The molecule has 3 saturated carbocycles. The molecule has 3 fully saturated rings. The van der Waals surface area contributed by atoms with E-state index < -0.39 is 0 Å². The third-order valence-electron chi connectivity index (χ3n) is 4.25. The molecule has 2 nitrogen and oxygen atoms in total. The summed E-state index contributed by atoms with van der Waals surface area (Å²) in [4.78, 5) is 0. The molecular weight excluding hydrogens is 150 g/mol. The maximum atomic E-state index is 9.94. The van der Waals surface area contributed by atoms with Gasteiger partial charge in [-0.25, -0.2) is 0 Å². The number of aliphatic hydroxyl groups is 1. The minimum absolute atomic E-state index is 0.0175. The van der Waals surface area contributed by atoms with Crippen LogP contribution >= 0.6 is 0 Å². The Labute approximate surface area is 74.1 Å². The Morgan fingerprint density at radius 1 is 1.33 bits per heavy atom. The second-order valence-electron chi connectivity index (χ2n) is 4.80. The molecule has 0 radical (unpaired) electrons. The van der Waals surface area contributed by atoms with Crippen molar-refractivity contribution in [3.05, 3.63) is 0 Å². The normalized spacial score (nSPS) is 52.8. The molecule has 12 heavy (non-hydrogen) atoms. The summed E-state index contributed by atoms with van der Waals surface area (Å²) in [6, 6.07) is 0. The summed E-state index contributed by atoms with van der Waals surface area (Å²) < 4.78 is 0. The molecule has 0 heterocycles. The number of hydrogen-bond acceptors (Lipinski definition) is 2. The number of rotatable bonds is 1. The monoisotopic (exact) mass is 169 g/mol. The first-order chi connectivity index (χ1) is 5.60. The zero-order valence-electron chi connectivity index (χ0n) is 7.84. The van der Waals surface area contributed by atoms with Crippen molar-refractivity contribution in [2.24, 2.45) is 11.1 Å². The van der Waals surface area contributed by atoms with Crippen molar-refractivity contribution in [2.45, 2.75) is 57.1 Å². The van der Waals surface area contributed by atoms with Crippen molar-refractivity contribution in [3.8, 4) is 0 Å². The van der Waals surface area contributed by atoms with Gasteiger partial charge in [-0.3, -0.25) is 0 Å². The number of aliphatic hydroxyl groups excluding tert-OH is 1. The van der Waals surface area contributed by atoms with Gasteiger partial charge in [0, 0.05) is 5.54 Å². The molecule has 70 valence electrons. The minimum atomic E-state index is -0.130. The molecule has 3 aliphatic rings. The molecule has 1 unspecified atom stereocenters. The van der Waals surface area contributed by atoms with Gasteiger partial charge in [0.05, 0.1) is 6.10 Å². The number of hydrogen-bond donors (Lipinski definition) is 2. The average molecular weight is 169 g/mol. The molecule has 0 aliphatic heterocycles. The molecule has 3 aliphatic carbocycles. The molecule has 2 heteroatoms. The minimum Gasteiger partial charge on any atom is -0.392 e. The van der Waals surface area contributed by atoms with Gasteiger partial charge < -0.3 is 10.8 Å². The smallest absolute Gasteiger partial charge is 0.0613 e. The second kappa shape index (κ2) is 2.46. The van der Waals surface area contributed by atoms with Crippen LogP contribution in [-0.4, -0.2) is 16.7 Å². The van der Waals surface area contributed by atoms with Gasteiger partial charge in [-0.15, -0.1) is 0 Å². The standard InChI is InChI=1S/C10H19NO/c1-2-9-3-5-10(11,6-4-9)7-8(9)12/h8,12H,2-7,11H2,1H3. The second-order valence-corrected chi connectivity index (χ2v) is 4.80. The molecular formula is C10H19NO. The first-order valence-electron chi connectivity index (χ1n) is 5.07. The van der Waals surface area contributed by atoms with Crippen molar-refractivity contribution in [1.29, 1.82) is 0 Å². The van der Waals surface area contributed by atoms with E-state index in [9.17, 15) is 5.11 Å². The fourth-order valence-corrected chi connectivity index (χ4v) is 2.97. The van der Waals surface area contributed by atoms with Gasteiger partial charge in [-0.1, -0.05) is 6.92 Å². The van der Waals surface area contributed by atoms with Gasteiger partial charge in [0.25, 0.3) is 0 Å². The molecule has 3 N–H and O–H groups in total. The first kappa shape index (κ1) is 8.52. The van der Waals surface area contributed by atoms with Crippen molar-refractivity contribution in [2.75, 3.05) is 0 Å². The predicted molar refractivity (Wildman–Crippen MR) is 48.7 cm³/mol. The number of fused-ring (bicyclic) bond motifs is 3. The topological polar surface area (TPSA) is 46.2 Å². The Kier molecular flexibility index (Phi) is 1.74. The van der Waals surface area contributed by atoms with E-state index in [2.05, 4.69) is 6.92 Å². The summed E-state index contributed by atoms with van der Waals surface area (Å²) in [7, 11) is 0. The summed E-state index contributed by atoms with van der Waals surface area (Å²) in [5, 5.41) is 9.94. The third kappa shape index (κ3) is 1.01. The van der Waals surface area contributed by atoms with E-state index in [1.165, 1.54) is 0 Å². The largest absolute Gasteiger partial charge is 0.392 e. The molecule has 1 atom stereocenters. The lowest BCUT2D eigenvalue weighted by Crippen LogP contribution is -2.58. The summed E-state index contributed by atoms with van der Waals surface area (Å²) in [6.45, 7) is 2.19. The van der Waals surface area contributed by atoms with Crippen LogP contribution in [0.25, 0.3) is 0 Å². The summed E-state index contributed by atoms with van der Waals surface area (Å²) in [6.07, 6.45) is 6.35. The maximum absolute atomic E-state index is 9.94. The first-order valence-corrected chi connectivity index (χ1v) is 5.07. The van der Waals surface area contributed by atoms with Crippen LogP contribution in [0.5, 0.6) is 0 Å². The maximum Gasteiger partial charge on any atom is 0.0613 e. The number of nitrogens with two attached hydrogens (primary N) is 1. The van der Waals surface area contributed by atoms with Gasteiger partial charge in [-0.05, 0) is 43.9 Å². The molecule has 0 saturated heterocycles. The van der Waals surface area contributed by atoms with Gasteiger partial charge in [0.15, 0.2) is 0 Å². The van der Waals surface area contributed by atoms with Crippen molar-refractivity contribution in [3.63, 3.8) is 0 Å². The van der Waals surface area contributed by atoms with Crippen LogP contribution in [0.3, 0.4) is 0 Å². The van der Waals surface area contributed by atoms with Crippen LogP contribution in [0.4, 0.5) is 0 Å². The average Bonchev–Trinajstić information content (AvgIpc) is 2.05. The quantitative estimate of drug-likeness (QED) is 0.623. The zero-order chi connectivity index (χ0) is 8.82. The summed E-state index contributed by atoms with van der Waals surface area (Å²) in [5.74, 6) is 0. The fourth-order valence-electron chi connectivity index (χ4n) is 2.97. The Morgan fingerprint density at radius 3 is 2.33 bits per heavy atom.